The van der Waals surface area contributed by atoms with Gasteiger partial charge in [-0.25, -0.2) is 9.78 Å². The van der Waals surface area contributed by atoms with Crippen LogP contribution in [0.15, 0.2) is 12.1 Å². The van der Waals surface area contributed by atoms with Gasteiger partial charge in [-0.3, -0.25) is 9.80 Å². The number of aromatic nitrogens is 1. The highest BCUT2D eigenvalue weighted by Crippen LogP contribution is 2.32. The third kappa shape index (κ3) is 3.75. The molecule has 2 aliphatic heterocycles. The van der Waals surface area contributed by atoms with E-state index in [4.69, 9.17) is 22.1 Å². The van der Waals surface area contributed by atoms with Crippen molar-refractivity contribution in [2.24, 2.45) is 0 Å². The molecule has 7 heteroatoms. The average molecular weight is 353 g/mol. The Morgan fingerprint density at radius 2 is 1.96 bits per heavy atom. The van der Waals surface area contributed by atoms with Crippen LogP contribution >= 0.6 is 11.6 Å². The number of hydrogen-bond donors (Lipinski definition) is 1. The molecule has 2 bridgehead atoms. The predicted octanol–water partition coefficient (Wildman–Crippen LogP) is 2.90. The number of pyridine rings is 1. The molecule has 2 aliphatic rings. The number of piperazine rings is 1. The maximum Gasteiger partial charge on any atom is 0.410 e. The Kier molecular flexibility index (Phi) is 4.62. The molecule has 6 nitrogen and oxygen atoms in total. The summed E-state index contributed by atoms with van der Waals surface area (Å²) in [6, 6.07) is 4.10. The Morgan fingerprint density at radius 3 is 2.50 bits per heavy atom. The fourth-order valence-corrected chi connectivity index (χ4v) is 3.74. The average Bonchev–Trinajstić information content (AvgIpc) is 2.72. The van der Waals surface area contributed by atoms with Gasteiger partial charge in [0.15, 0.2) is 0 Å². The molecule has 2 atom stereocenters. The highest BCUT2D eigenvalue weighted by Gasteiger charge is 2.44. The molecule has 0 spiro atoms. The van der Waals surface area contributed by atoms with Crippen molar-refractivity contribution in [3.05, 3.63) is 22.8 Å². The third-order valence-electron chi connectivity index (χ3n) is 4.53. The second-order valence-corrected chi connectivity index (χ2v) is 8.03. The van der Waals surface area contributed by atoms with Crippen LogP contribution in [0.5, 0.6) is 0 Å². The number of nitrogens with two attached hydrogens (primary N) is 1. The van der Waals surface area contributed by atoms with Gasteiger partial charge in [0.25, 0.3) is 0 Å². The standard InChI is InChI=1S/C17H25ClN4O2/c1-17(2,3)24-16(23)22-12-5-6-13(22)10-21(9-12)8-11-4-7-14(18)20-15(11)19/h4,7,12-13H,5-6,8-10H2,1-3H3,(H2,19,20)/t12-,13+. The van der Waals surface area contributed by atoms with E-state index < -0.39 is 5.60 Å². The molecule has 132 valence electrons. The number of nitrogen functional groups attached to an aromatic ring is 1. The van der Waals surface area contributed by atoms with Gasteiger partial charge in [0.05, 0.1) is 0 Å². The summed E-state index contributed by atoms with van der Waals surface area (Å²) in [6.45, 7) is 8.10. The van der Waals surface area contributed by atoms with Gasteiger partial charge < -0.3 is 10.5 Å². The summed E-state index contributed by atoms with van der Waals surface area (Å²) in [5.74, 6) is 0.476. The number of nitrogens with zero attached hydrogens (tertiary/aromatic N) is 3. The maximum absolute atomic E-state index is 12.5. The van der Waals surface area contributed by atoms with Crippen LogP contribution < -0.4 is 5.73 Å². The van der Waals surface area contributed by atoms with Crippen LogP contribution in [0.3, 0.4) is 0 Å². The lowest BCUT2D eigenvalue weighted by Crippen LogP contribution is -2.56. The van der Waals surface area contributed by atoms with E-state index in [1.54, 1.807) is 6.07 Å². The van der Waals surface area contributed by atoms with Gasteiger partial charge >= 0.3 is 6.09 Å². The van der Waals surface area contributed by atoms with Crippen LogP contribution in [0.1, 0.15) is 39.2 Å². The van der Waals surface area contributed by atoms with Crippen LogP contribution in [0.25, 0.3) is 0 Å². The number of amides is 1. The maximum atomic E-state index is 12.5. The lowest BCUT2D eigenvalue weighted by Gasteiger charge is -2.41. The van der Waals surface area contributed by atoms with Crippen molar-refractivity contribution >= 4 is 23.5 Å². The number of carbonyl (C=O) groups is 1. The van der Waals surface area contributed by atoms with Crippen molar-refractivity contribution in [2.75, 3.05) is 18.8 Å². The highest BCUT2D eigenvalue weighted by atomic mass is 35.5. The van der Waals surface area contributed by atoms with E-state index in [1.807, 2.05) is 31.7 Å². The molecule has 3 rings (SSSR count). The quantitative estimate of drug-likeness (QED) is 0.828. The first-order valence-corrected chi connectivity index (χ1v) is 8.75. The minimum atomic E-state index is -0.461. The monoisotopic (exact) mass is 352 g/mol. The molecule has 2 saturated heterocycles. The Labute approximate surface area is 147 Å². The first kappa shape index (κ1) is 17.3. The van der Waals surface area contributed by atoms with Crippen molar-refractivity contribution in [1.29, 1.82) is 0 Å². The lowest BCUT2D eigenvalue weighted by atomic mass is 10.1. The van der Waals surface area contributed by atoms with E-state index in [2.05, 4.69) is 9.88 Å². The number of rotatable bonds is 2. The number of ether oxygens (including phenoxy) is 1. The molecule has 2 N–H and O–H groups in total. The van der Waals surface area contributed by atoms with Gasteiger partial charge in [0, 0.05) is 37.3 Å². The molecule has 0 unspecified atom stereocenters. The van der Waals surface area contributed by atoms with Crippen molar-refractivity contribution in [2.45, 2.75) is 57.8 Å². The molecule has 1 amide bonds. The number of fused-ring (bicyclic) bond motifs is 2. The number of carbonyl (C=O) groups excluding carboxylic acids is 1. The Hall–Kier alpha value is -1.53. The third-order valence-corrected chi connectivity index (χ3v) is 4.74. The van der Waals surface area contributed by atoms with Crippen molar-refractivity contribution < 1.29 is 9.53 Å². The second-order valence-electron chi connectivity index (χ2n) is 7.65. The van der Waals surface area contributed by atoms with Gasteiger partial charge in [-0.1, -0.05) is 17.7 Å². The predicted molar refractivity (Wildman–Crippen MR) is 93.8 cm³/mol. The summed E-state index contributed by atoms with van der Waals surface area (Å²) in [7, 11) is 0. The zero-order valence-corrected chi connectivity index (χ0v) is 15.2. The first-order valence-electron chi connectivity index (χ1n) is 8.37. The second kappa shape index (κ2) is 6.41. The van der Waals surface area contributed by atoms with Crippen LogP contribution in [0, 0.1) is 0 Å². The van der Waals surface area contributed by atoms with Crippen LogP contribution in [-0.2, 0) is 11.3 Å². The number of halogens is 1. The Bertz CT molecular complexity index is 618. The van der Waals surface area contributed by atoms with E-state index in [9.17, 15) is 4.79 Å². The van der Waals surface area contributed by atoms with E-state index in [0.717, 1.165) is 38.0 Å². The summed E-state index contributed by atoms with van der Waals surface area (Å²) in [4.78, 5) is 20.9. The van der Waals surface area contributed by atoms with E-state index in [0.29, 0.717) is 11.0 Å². The summed E-state index contributed by atoms with van der Waals surface area (Å²) in [5.41, 5.74) is 6.48. The zero-order valence-electron chi connectivity index (χ0n) is 14.5. The molecule has 0 aromatic carbocycles. The van der Waals surface area contributed by atoms with Crippen molar-refractivity contribution in [1.82, 2.24) is 14.8 Å². The molecule has 0 radical (unpaired) electrons. The van der Waals surface area contributed by atoms with Gasteiger partial charge in [-0.15, -0.1) is 0 Å². The highest BCUT2D eigenvalue weighted by molar-refractivity contribution is 6.29. The van der Waals surface area contributed by atoms with Crippen LogP contribution in [-0.4, -0.2) is 51.7 Å². The topological polar surface area (TPSA) is 71.7 Å². The minimum Gasteiger partial charge on any atom is -0.444 e. The fraction of sp³-hybridized carbons (Fsp3) is 0.647. The van der Waals surface area contributed by atoms with E-state index in [-0.39, 0.29) is 18.2 Å². The van der Waals surface area contributed by atoms with Crippen molar-refractivity contribution in [3.8, 4) is 0 Å². The summed E-state index contributed by atoms with van der Waals surface area (Å²) < 4.78 is 5.57. The smallest absolute Gasteiger partial charge is 0.410 e. The van der Waals surface area contributed by atoms with Crippen LogP contribution in [0.4, 0.5) is 10.6 Å². The van der Waals surface area contributed by atoms with Gasteiger partial charge in [0.2, 0.25) is 0 Å². The number of hydrogen-bond acceptors (Lipinski definition) is 5. The Balaban J connectivity index is 1.66. The molecular weight excluding hydrogens is 328 g/mol. The molecular formula is C17H25ClN4O2. The SMILES string of the molecule is CC(C)(C)OC(=O)N1[C@@H]2CC[C@H]1CN(Cc1ccc(Cl)nc1N)C2. The molecule has 0 saturated carbocycles. The Morgan fingerprint density at radius 1 is 1.33 bits per heavy atom. The molecule has 1 aromatic heterocycles. The van der Waals surface area contributed by atoms with E-state index in [1.165, 1.54) is 0 Å². The van der Waals surface area contributed by atoms with Gasteiger partial charge in [0.1, 0.15) is 16.6 Å². The fourth-order valence-electron chi connectivity index (χ4n) is 3.59. The van der Waals surface area contributed by atoms with E-state index >= 15 is 0 Å². The van der Waals surface area contributed by atoms with Crippen LogP contribution in [0.2, 0.25) is 5.15 Å². The minimum absolute atomic E-state index is 0.192. The summed E-state index contributed by atoms with van der Waals surface area (Å²) in [5, 5.41) is 0.408. The summed E-state index contributed by atoms with van der Waals surface area (Å²) in [6.07, 6.45) is 1.85. The lowest BCUT2D eigenvalue weighted by molar-refractivity contribution is -0.00541. The van der Waals surface area contributed by atoms with Gasteiger partial charge in [-0.05, 0) is 39.7 Å². The van der Waals surface area contributed by atoms with Gasteiger partial charge in [-0.2, -0.15) is 0 Å². The first-order chi connectivity index (χ1) is 11.2. The molecule has 2 fully saturated rings. The molecule has 24 heavy (non-hydrogen) atoms. The molecule has 3 heterocycles. The largest absolute Gasteiger partial charge is 0.444 e. The zero-order chi connectivity index (χ0) is 17.5. The van der Waals surface area contributed by atoms with Crippen molar-refractivity contribution in [3.63, 3.8) is 0 Å². The molecule has 0 aliphatic carbocycles. The number of anilines is 1. The molecule has 1 aromatic rings. The normalized spacial score (nSPS) is 24.2. The number of likely N-dealkylation sites (tertiary alicyclic amines) is 1. The summed E-state index contributed by atoms with van der Waals surface area (Å²) >= 11 is 5.86.